The number of nitrogens with zero attached hydrogens (tertiary/aromatic N) is 1. The van der Waals surface area contributed by atoms with E-state index in [2.05, 4.69) is 26.6 Å². The van der Waals surface area contributed by atoms with Crippen LogP contribution in [0, 0.1) is 5.92 Å². The summed E-state index contributed by atoms with van der Waals surface area (Å²) in [6.07, 6.45) is 1.34. The number of hydrogen-bond acceptors (Lipinski definition) is 1. The van der Waals surface area contributed by atoms with Crippen molar-refractivity contribution in [3.63, 3.8) is 0 Å². The lowest BCUT2D eigenvalue weighted by Crippen LogP contribution is -2.32. The minimum atomic E-state index is -1.52. The molecule has 0 aromatic heterocycles. The minimum Gasteiger partial charge on any atom is -0.342 e. The number of likely N-dealkylation sites (N-methyl/N-ethyl adjacent to an activating group) is 1. The van der Waals surface area contributed by atoms with Crippen molar-refractivity contribution < 1.29 is 4.79 Å². The van der Waals surface area contributed by atoms with Crippen LogP contribution >= 0.6 is 11.1 Å². The van der Waals surface area contributed by atoms with Crippen molar-refractivity contribution in [1.82, 2.24) is 4.90 Å². The Morgan fingerprint density at radius 1 is 1.64 bits per heavy atom. The monoisotopic (exact) mass is 233 g/mol. The Morgan fingerprint density at radius 3 is 2.50 bits per heavy atom. The van der Waals surface area contributed by atoms with E-state index >= 15 is 0 Å². The van der Waals surface area contributed by atoms with Gasteiger partial charge < -0.3 is 4.90 Å². The third kappa shape index (κ3) is 6.21. The highest BCUT2D eigenvalue weighted by Gasteiger charge is 2.21. The molecule has 0 saturated carbocycles. The fourth-order valence-corrected chi connectivity index (χ4v) is 4.18. The van der Waals surface area contributed by atoms with Gasteiger partial charge in [-0.15, -0.1) is 0 Å². The molecule has 0 aromatic rings. The fraction of sp³-hybridized carbons (Fsp3) is 0.700. The number of carbonyl (C=O) groups is 1. The Hall–Kier alpha value is -0.283. The van der Waals surface area contributed by atoms with Crippen molar-refractivity contribution in [2.75, 3.05) is 13.6 Å². The molecule has 0 aliphatic heterocycles. The SMILES string of the molecule is C=CC(=O)N(C)CC(C)C[Si](C)(C)Cl. The van der Waals surface area contributed by atoms with Gasteiger partial charge in [0.1, 0.15) is 0 Å². The van der Waals surface area contributed by atoms with E-state index in [1.807, 2.05) is 0 Å². The van der Waals surface area contributed by atoms with Gasteiger partial charge in [-0.25, -0.2) is 0 Å². The van der Waals surface area contributed by atoms with Gasteiger partial charge in [-0.1, -0.05) is 26.6 Å². The quantitative estimate of drug-likeness (QED) is 0.406. The smallest absolute Gasteiger partial charge is 0.245 e. The molecule has 0 bridgehead atoms. The molecule has 0 aromatic carbocycles. The summed E-state index contributed by atoms with van der Waals surface area (Å²) in [5.41, 5.74) is 0. The second-order valence-corrected chi connectivity index (χ2v) is 11.4. The lowest BCUT2D eigenvalue weighted by atomic mass is 10.2. The van der Waals surface area contributed by atoms with Gasteiger partial charge in [0.05, 0.1) is 0 Å². The van der Waals surface area contributed by atoms with Crippen molar-refractivity contribution in [1.29, 1.82) is 0 Å². The number of amides is 1. The molecule has 14 heavy (non-hydrogen) atoms. The van der Waals surface area contributed by atoms with E-state index in [1.165, 1.54) is 6.08 Å². The number of halogens is 1. The molecular weight excluding hydrogens is 214 g/mol. The van der Waals surface area contributed by atoms with Crippen LogP contribution in [0.4, 0.5) is 0 Å². The fourth-order valence-electron chi connectivity index (χ4n) is 1.61. The average Bonchev–Trinajstić information content (AvgIpc) is 1.99. The van der Waals surface area contributed by atoms with Crippen molar-refractivity contribution in [2.24, 2.45) is 5.92 Å². The van der Waals surface area contributed by atoms with E-state index in [-0.39, 0.29) is 5.91 Å². The first-order chi connectivity index (χ1) is 6.26. The lowest BCUT2D eigenvalue weighted by Gasteiger charge is -2.23. The normalized spacial score (nSPS) is 13.5. The molecule has 0 aliphatic rings. The predicted molar refractivity (Wildman–Crippen MR) is 65.1 cm³/mol. The summed E-state index contributed by atoms with van der Waals surface area (Å²) >= 11 is 6.24. The molecule has 1 amide bonds. The van der Waals surface area contributed by atoms with Gasteiger partial charge in [0, 0.05) is 13.6 Å². The van der Waals surface area contributed by atoms with E-state index in [9.17, 15) is 4.79 Å². The van der Waals surface area contributed by atoms with Crippen LogP contribution in [0.25, 0.3) is 0 Å². The first kappa shape index (κ1) is 13.7. The van der Waals surface area contributed by atoms with Gasteiger partial charge >= 0.3 is 0 Å². The maximum atomic E-state index is 11.2. The van der Waals surface area contributed by atoms with Crippen molar-refractivity contribution in [3.05, 3.63) is 12.7 Å². The van der Waals surface area contributed by atoms with Crippen LogP contribution in [0.1, 0.15) is 6.92 Å². The molecule has 0 rings (SSSR count). The zero-order valence-electron chi connectivity index (χ0n) is 9.51. The van der Waals surface area contributed by atoms with Gasteiger partial charge in [0.15, 0.2) is 7.38 Å². The number of rotatable bonds is 5. The van der Waals surface area contributed by atoms with E-state index in [0.717, 1.165) is 12.6 Å². The molecule has 82 valence electrons. The highest BCUT2D eigenvalue weighted by atomic mass is 35.6. The Labute approximate surface area is 92.6 Å². The summed E-state index contributed by atoms with van der Waals surface area (Å²) in [4.78, 5) is 12.9. The molecular formula is C10H20ClNOSi. The van der Waals surface area contributed by atoms with E-state index < -0.39 is 7.38 Å². The molecule has 0 fully saturated rings. The summed E-state index contributed by atoms with van der Waals surface area (Å²) < 4.78 is 0. The summed E-state index contributed by atoms with van der Waals surface area (Å²) in [7, 11) is 0.271. The predicted octanol–water partition coefficient (Wildman–Crippen LogP) is 2.71. The van der Waals surface area contributed by atoms with Crippen LogP contribution in [-0.4, -0.2) is 31.8 Å². The van der Waals surface area contributed by atoms with E-state index in [4.69, 9.17) is 11.1 Å². The van der Waals surface area contributed by atoms with Crippen LogP contribution in [0.2, 0.25) is 19.1 Å². The van der Waals surface area contributed by atoms with E-state index in [0.29, 0.717) is 5.92 Å². The van der Waals surface area contributed by atoms with Gasteiger partial charge in [0.2, 0.25) is 5.91 Å². The maximum absolute atomic E-state index is 11.2. The Kier molecular flexibility index (Phi) is 5.45. The third-order valence-electron chi connectivity index (χ3n) is 1.97. The van der Waals surface area contributed by atoms with Crippen LogP contribution < -0.4 is 0 Å². The summed E-state index contributed by atoms with van der Waals surface area (Å²) in [5.74, 6) is 0.439. The van der Waals surface area contributed by atoms with Crippen LogP contribution in [0.15, 0.2) is 12.7 Å². The first-order valence-corrected chi connectivity index (χ1v) is 9.04. The van der Waals surface area contributed by atoms with Gasteiger partial charge in [-0.05, 0) is 18.0 Å². The highest BCUT2D eigenvalue weighted by Crippen LogP contribution is 2.20. The van der Waals surface area contributed by atoms with Gasteiger partial charge in [-0.2, -0.15) is 11.1 Å². The summed E-state index contributed by atoms with van der Waals surface area (Å²) in [6.45, 7) is 10.6. The number of carbonyl (C=O) groups excluding carboxylic acids is 1. The minimum absolute atomic E-state index is 0.0223. The Morgan fingerprint density at radius 2 is 2.14 bits per heavy atom. The lowest BCUT2D eigenvalue weighted by molar-refractivity contribution is -0.125. The van der Waals surface area contributed by atoms with Crippen molar-refractivity contribution >= 4 is 24.4 Å². The molecule has 1 unspecified atom stereocenters. The average molecular weight is 234 g/mol. The van der Waals surface area contributed by atoms with Crippen LogP contribution in [-0.2, 0) is 4.79 Å². The highest BCUT2D eigenvalue weighted by molar-refractivity contribution is 7.19. The topological polar surface area (TPSA) is 20.3 Å². The van der Waals surface area contributed by atoms with Gasteiger partial charge in [-0.3, -0.25) is 4.79 Å². The zero-order valence-corrected chi connectivity index (χ0v) is 11.3. The maximum Gasteiger partial charge on any atom is 0.245 e. The molecule has 0 aliphatic carbocycles. The second-order valence-electron chi connectivity index (χ2n) is 4.45. The van der Waals surface area contributed by atoms with Gasteiger partial charge in [0.25, 0.3) is 0 Å². The van der Waals surface area contributed by atoms with Crippen molar-refractivity contribution in [3.8, 4) is 0 Å². The second kappa shape index (κ2) is 5.56. The summed E-state index contributed by atoms with van der Waals surface area (Å²) in [5, 5.41) is 0. The Bertz CT molecular complexity index is 213. The molecule has 2 nitrogen and oxygen atoms in total. The molecule has 4 heteroatoms. The third-order valence-corrected chi connectivity index (χ3v) is 4.10. The molecule has 0 saturated heterocycles. The Balaban J connectivity index is 4.00. The first-order valence-electron chi connectivity index (χ1n) is 4.82. The van der Waals surface area contributed by atoms with Crippen LogP contribution in [0.5, 0.6) is 0 Å². The van der Waals surface area contributed by atoms with Crippen molar-refractivity contribution in [2.45, 2.75) is 26.1 Å². The zero-order chi connectivity index (χ0) is 11.4. The molecule has 0 spiro atoms. The molecule has 0 radical (unpaired) electrons. The molecule has 0 N–H and O–H groups in total. The molecule has 1 atom stereocenters. The summed E-state index contributed by atoms with van der Waals surface area (Å²) in [6, 6.07) is 1.03. The largest absolute Gasteiger partial charge is 0.342 e. The molecule has 0 heterocycles. The standard InChI is InChI=1S/C10H20ClNOSi/c1-6-10(13)12(3)7-9(2)8-14(4,5)11/h6,9H,1,7-8H2,2-5H3. The number of hydrogen-bond donors (Lipinski definition) is 0. The van der Waals surface area contributed by atoms with E-state index in [1.54, 1.807) is 11.9 Å². The van der Waals surface area contributed by atoms with Crippen LogP contribution in [0.3, 0.4) is 0 Å².